The molecule has 0 fully saturated rings. The van der Waals surface area contributed by atoms with Gasteiger partial charge >= 0.3 is 0 Å². The van der Waals surface area contributed by atoms with E-state index in [9.17, 15) is 4.79 Å². The Labute approximate surface area is 107 Å². The van der Waals surface area contributed by atoms with E-state index in [4.69, 9.17) is 17.3 Å². The molecule has 0 radical (unpaired) electrons. The van der Waals surface area contributed by atoms with Crippen LogP contribution in [0.3, 0.4) is 0 Å². The topological polar surface area (TPSA) is 67.1 Å². The maximum Gasteiger partial charge on any atom is 0.239 e. The van der Waals surface area contributed by atoms with Crippen LogP contribution in [0.5, 0.6) is 0 Å². The highest BCUT2D eigenvalue weighted by Gasteiger charge is 2.06. The predicted octanol–water partition coefficient (Wildman–Crippen LogP) is 2.17. The second-order valence-corrected chi connectivity index (χ2v) is 4.67. The van der Waals surface area contributed by atoms with Crippen molar-refractivity contribution in [1.29, 1.82) is 0 Å². The van der Waals surface area contributed by atoms with E-state index in [1.165, 1.54) is 0 Å². The summed E-state index contributed by atoms with van der Waals surface area (Å²) in [7, 11) is 0. The van der Waals surface area contributed by atoms with E-state index >= 15 is 0 Å². The number of carbonyl (C=O) groups excluding carboxylic acids is 1. The minimum atomic E-state index is -0.0488. The molecule has 94 valence electrons. The maximum atomic E-state index is 11.5. The Bertz CT molecular complexity index is 418. The third-order valence-electron chi connectivity index (χ3n) is 2.23. The lowest BCUT2D eigenvalue weighted by atomic mass is 10.2. The zero-order valence-electron chi connectivity index (χ0n) is 10.3. The van der Waals surface area contributed by atoms with Crippen LogP contribution in [0.1, 0.15) is 19.4 Å². The van der Waals surface area contributed by atoms with Crippen molar-refractivity contribution < 1.29 is 4.79 Å². The lowest BCUT2D eigenvalue weighted by Gasteiger charge is -2.12. The van der Waals surface area contributed by atoms with Gasteiger partial charge in [-0.05, 0) is 38.5 Å². The summed E-state index contributed by atoms with van der Waals surface area (Å²) in [5.74, 6) is -0.0488. The van der Waals surface area contributed by atoms with Crippen molar-refractivity contribution in [2.75, 3.05) is 17.6 Å². The largest absolute Gasteiger partial charge is 0.398 e. The van der Waals surface area contributed by atoms with E-state index in [0.717, 1.165) is 11.3 Å². The SMILES string of the molecule is Cc1cc(N)c(Cl)cc1NCC(=O)NC(C)C. The number of benzene rings is 1. The molecule has 0 atom stereocenters. The summed E-state index contributed by atoms with van der Waals surface area (Å²) in [4.78, 5) is 11.5. The molecule has 0 bridgehead atoms. The Balaban J connectivity index is 2.63. The van der Waals surface area contributed by atoms with E-state index in [2.05, 4.69) is 10.6 Å². The van der Waals surface area contributed by atoms with Gasteiger partial charge in [0, 0.05) is 11.7 Å². The predicted molar refractivity (Wildman–Crippen MR) is 72.4 cm³/mol. The maximum absolute atomic E-state index is 11.5. The van der Waals surface area contributed by atoms with E-state index in [0.29, 0.717) is 10.7 Å². The fourth-order valence-electron chi connectivity index (χ4n) is 1.44. The van der Waals surface area contributed by atoms with Crippen LogP contribution >= 0.6 is 11.6 Å². The molecule has 0 saturated carbocycles. The van der Waals surface area contributed by atoms with Gasteiger partial charge < -0.3 is 16.4 Å². The van der Waals surface area contributed by atoms with Crippen LogP contribution in [-0.2, 0) is 4.79 Å². The summed E-state index contributed by atoms with van der Waals surface area (Å²) < 4.78 is 0. The number of nitrogens with one attached hydrogen (secondary N) is 2. The molecule has 0 aliphatic carbocycles. The number of rotatable bonds is 4. The van der Waals surface area contributed by atoms with Crippen molar-refractivity contribution in [3.05, 3.63) is 22.7 Å². The van der Waals surface area contributed by atoms with Crippen LogP contribution < -0.4 is 16.4 Å². The third-order valence-corrected chi connectivity index (χ3v) is 2.56. The standard InChI is InChI=1S/C12H18ClN3O/c1-7(2)16-12(17)6-15-11-5-9(13)10(14)4-8(11)3/h4-5,7,15H,6,14H2,1-3H3,(H,16,17). The molecule has 1 aromatic carbocycles. The van der Waals surface area contributed by atoms with Crippen molar-refractivity contribution in [3.8, 4) is 0 Å². The highest BCUT2D eigenvalue weighted by Crippen LogP contribution is 2.26. The van der Waals surface area contributed by atoms with Gasteiger partial charge in [-0.25, -0.2) is 0 Å². The number of hydrogen-bond acceptors (Lipinski definition) is 3. The lowest BCUT2D eigenvalue weighted by Crippen LogP contribution is -2.34. The summed E-state index contributed by atoms with van der Waals surface area (Å²) in [6.45, 7) is 5.97. The molecule has 17 heavy (non-hydrogen) atoms. The van der Waals surface area contributed by atoms with Crippen LogP contribution in [0.25, 0.3) is 0 Å². The molecule has 0 aromatic heterocycles. The van der Waals surface area contributed by atoms with Crippen LogP contribution in [-0.4, -0.2) is 18.5 Å². The first-order valence-electron chi connectivity index (χ1n) is 5.49. The molecule has 5 heteroatoms. The first-order valence-corrected chi connectivity index (χ1v) is 5.86. The van der Waals surface area contributed by atoms with Gasteiger partial charge in [-0.2, -0.15) is 0 Å². The van der Waals surface area contributed by atoms with Gasteiger partial charge in [0.05, 0.1) is 17.3 Å². The van der Waals surface area contributed by atoms with Crippen LogP contribution in [0.2, 0.25) is 5.02 Å². The molecular weight excluding hydrogens is 238 g/mol. The van der Waals surface area contributed by atoms with Crippen LogP contribution in [0.15, 0.2) is 12.1 Å². The highest BCUT2D eigenvalue weighted by molar-refractivity contribution is 6.33. The first-order chi connectivity index (χ1) is 7.90. The number of nitrogen functional groups attached to an aromatic ring is 1. The number of aryl methyl sites for hydroxylation is 1. The minimum Gasteiger partial charge on any atom is -0.398 e. The molecule has 4 N–H and O–H groups in total. The molecule has 0 aliphatic rings. The number of amides is 1. The number of hydrogen-bond donors (Lipinski definition) is 3. The Morgan fingerprint density at radius 2 is 2.12 bits per heavy atom. The molecular formula is C12H18ClN3O. The molecule has 1 amide bonds. The Morgan fingerprint density at radius 3 is 2.71 bits per heavy atom. The summed E-state index contributed by atoms with van der Waals surface area (Å²) in [6.07, 6.45) is 0. The smallest absolute Gasteiger partial charge is 0.239 e. The quantitative estimate of drug-likeness (QED) is 0.723. The fraction of sp³-hybridized carbons (Fsp3) is 0.417. The number of carbonyl (C=O) groups is 1. The average Bonchev–Trinajstić information content (AvgIpc) is 2.20. The molecule has 1 rings (SSSR count). The van der Waals surface area contributed by atoms with Gasteiger partial charge in [-0.15, -0.1) is 0 Å². The Hall–Kier alpha value is -1.42. The van der Waals surface area contributed by atoms with Gasteiger partial charge in [0.25, 0.3) is 0 Å². The summed E-state index contributed by atoms with van der Waals surface area (Å²) >= 11 is 5.92. The summed E-state index contributed by atoms with van der Waals surface area (Å²) in [5.41, 5.74) is 8.00. The normalized spacial score (nSPS) is 10.4. The highest BCUT2D eigenvalue weighted by atomic mass is 35.5. The van der Waals surface area contributed by atoms with Crippen LogP contribution in [0.4, 0.5) is 11.4 Å². The second-order valence-electron chi connectivity index (χ2n) is 4.26. The zero-order valence-corrected chi connectivity index (χ0v) is 11.1. The summed E-state index contributed by atoms with van der Waals surface area (Å²) in [5, 5.41) is 6.32. The lowest BCUT2D eigenvalue weighted by molar-refractivity contribution is -0.119. The third kappa shape index (κ3) is 4.15. The van der Waals surface area contributed by atoms with E-state index < -0.39 is 0 Å². The van der Waals surface area contributed by atoms with Gasteiger partial charge in [0.2, 0.25) is 5.91 Å². The fourth-order valence-corrected chi connectivity index (χ4v) is 1.61. The molecule has 0 aliphatic heterocycles. The van der Waals surface area contributed by atoms with E-state index in [1.807, 2.05) is 20.8 Å². The number of anilines is 2. The molecule has 0 heterocycles. The van der Waals surface area contributed by atoms with Gasteiger partial charge in [-0.3, -0.25) is 4.79 Å². The number of halogens is 1. The average molecular weight is 256 g/mol. The number of nitrogens with two attached hydrogens (primary N) is 1. The monoisotopic (exact) mass is 255 g/mol. The van der Waals surface area contributed by atoms with Crippen molar-refractivity contribution >= 4 is 28.9 Å². The summed E-state index contributed by atoms with van der Waals surface area (Å²) in [6, 6.07) is 3.65. The minimum absolute atomic E-state index is 0.0488. The Morgan fingerprint density at radius 1 is 1.47 bits per heavy atom. The van der Waals surface area contributed by atoms with Crippen molar-refractivity contribution in [3.63, 3.8) is 0 Å². The molecule has 0 saturated heterocycles. The molecule has 1 aromatic rings. The molecule has 0 spiro atoms. The van der Waals surface area contributed by atoms with Crippen molar-refractivity contribution in [1.82, 2.24) is 5.32 Å². The van der Waals surface area contributed by atoms with Gasteiger partial charge in [0.15, 0.2) is 0 Å². The second kappa shape index (κ2) is 5.77. The van der Waals surface area contributed by atoms with Gasteiger partial charge in [-0.1, -0.05) is 11.6 Å². The van der Waals surface area contributed by atoms with E-state index in [1.54, 1.807) is 12.1 Å². The molecule has 0 unspecified atom stereocenters. The van der Waals surface area contributed by atoms with Crippen molar-refractivity contribution in [2.24, 2.45) is 0 Å². The zero-order chi connectivity index (χ0) is 13.0. The van der Waals surface area contributed by atoms with Crippen molar-refractivity contribution in [2.45, 2.75) is 26.8 Å². The Kier molecular flexibility index (Phi) is 4.63. The van der Waals surface area contributed by atoms with E-state index in [-0.39, 0.29) is 18.5 Å². The first kappa shape index (κ1) is 13.6. The van der Waals surface area contributed by atoms with Crippen LogP contribution in [0, 0.1) is 6.92 Å². The van der Waals surface area contributed by atoms with Gasteiger partial charge in [0.1, 0.15) is 0 Å². The molecule has 4 nitrogen and oxygen atoms in total.